The van der Waals surface area contributed by atoms with Crippen molar-refractivity contribution in [3.8, 4) is 0 Å². The molecule has 1 heterocycles. The number of rotatable bonds is 2. The Hall–Kier alpha value is -2.15. The van der Waals surface area contributed by atoms with E-state index in [2.05, 4.69) is 0 Å². The molecule has 1 aliphatic heterocycles. The molecule has 0 spiro atoms. The van der Waals surface area contributed by atoms with Crippen LogP contribution in [-0.4, -0.2) is 22.9 Å². The van der Waals surface area contributed by atoms with Gasteiger partial charge in [0.05, 0.1) is 0 Å². The molecule has 1 saturated heterocycles. The lowest BCUT2D eigenvalue weighted by Crippen LogP contribution is -2.57. The van der Waals surface area contributed by atoms with E-state index in [1.807, 2.05) is 5.32 Å². The number of hydrogen-bond acceptors (Lipinski definition) is 4. The van der Waals surface area contributed by atoms with E-state index in [0.717, 1.165) is 0 Å². The number of nitrogens with two attached hydrogens (primary N) is 1. The third-order valence-corrected chi connectivity index (χ3v) is 3.20. The SMILES string of the molecule is NN1C(=O)NC(=O)/C(=C/C=C/c2ccc(Cl)cc2Cl)C1=O. The lowest BCUT2D eigenvalue weighted by molar-refractivity contribution is -0.130. The van der Waals surface area contributed by atoms with Crippen LogP contribution in [0.1, 0.15) is 5.56 Å². The van der Waals surface area contributed by atoms with Crippen LogP contribution in [0.2, 0.25) is 10.0 Å². The molecule has 0 radical (unpaired) electrons. The average molecular weight is 326 g/mol. The summed E-state index contributed by atoms with van der Waals surface area (Å²) in [4.78, 5) is 34.3. The standard InChI is InChI=1S/C13H9Cl2N3O3/c14-8-5-4-7(10(15)6-8)2-1-3-9-11(19)17-13(21)18(16)12(9)20/h1-6H,16H2,(H,17,19,21)/b2-1+,9-3-. The topological polar surface area (TPSA) is 92.5 Å². The van der Waals surface area contributed by atoms with Crippen molar-refractivity contribution in [3.05, 3.63) is 51.5 Å². The van der Waals surface area contributed by atoms with Crippen molar-refractivity contribution >= 4 is 47.1 Å². The summed E-state index contributed by atoms with van der Waals surface area (Å²) in [5.74, 6) is 3.53. The van der Waals surface area contributed by atoms with Gasteiger partial charge in [-0.3, -0.25) is 14.9 Å². The molecule has 1 aromatic carbocycles. The van der Waals surface area contributed by atoms with Crippen molar-refractivity contribution < 1.29 is 14.4 Å². The minimum Gasteiger partial charge on any atom is -0.272 e. The van der Waals surface area contributed by atoms with Gasteiger partial charge in [-0.2, -0.15) is 5.01 Å². The molecule has 2 rings (SSSR count). The van der Waals surface area contributed by atoms with Crippen LogP contribution in [0.25, 0.3) is 6.08 Å². The quantitative estimate of drug-likeness (QED) is 0.376. The molecule has 1 fully saturated rings. The highest BCUT2D eigenvalue weighted by molar-refractivity contribution is 6.35. The van der Waals surface area contributed by atoms with Gasteiger partial charge in [0.2, 0.25) is 0 Å². The molecule has 1 aromatic rings. The number of allylic oxidation sites excluding steroid dienone is 2. The summed E-state index contributed by atoms with van der Waals surface area (Å²) < 4.78 is 0. The molecule has 0 atom stereocenters. The maximum absolute atomic E-state index is 11.7. The van der Waals surface area contributed by atoms with Crippen molar-refractivity contribution in [1.82, 2.24) is 10.3 Å². The molecular formula is C13H9Cl2N3O3. The summed E-state index contributed by atoms with van der Waals surface area (Å²) >= 11 is 11.7. The molecule has 0 saturated carbocycles. The second-order valence-electron chi connectivity index (χ2n) is 4.04. The first-order chi connectivity index (χ1) is 9.90. The molecule has 6 nitrogen and oxygen atoms in total. The second-order valence-corrected chi connectivity index (χ2v) is 4.88. The first-order valence-electron chi connectivity index (χ1n) is 5.68. The van der Waals surface area contributed by atoms with E-state index in [-0.39, 0.29) is 5.57 Å². The monoisotopic (exact) mass is 325 g/mol. The normalized spacial score (nSPS) is 17.8. The van der Waals surface area contributed by atoms with E-state index >= 15 is 0 Å². The van der Waals surface area contributed by atoms with Crippen molar-refractivity contribution in [2.24, 2.45) is 5.84 Å². The van der Waals surface area contributed by atoms with Crippen LogP contribution >= 0.6 is 23.2 Å². The lowest BCUT2D eigenvalue weighted by atomic mass is 10.1. The number of urea groups is 1. The van der Waals surface area contributed by atoms with E-state index in [9.17, 15) is 14.4 Å². The first-order valence-corrected chi connectivity index (χ1v) is 6.43. The van der Waals surface area contributed by atoms with Gasteiger partial charge in [0.1, 0.15) is 5.57 Å². The molecule has 0 aromatic heterocycles. The zero-order valence-corrected chi connectivity index (χ0v) is 12.0. The van der Waals surface area contributed by atoms with Gasteiger partial charge in [-0.05, 0) is 23.8 Å². The highest BCUT2D eigenvalue weighted by atomic mass is 35.5. The number of nitrogens with zero attached hydrogens (tertiary/aromatic N) is 1. The maximum Gasteiger partial charge on any atom is 0.345 e. The summed E-state index contributed by atoms with van der Waals surface area (Å²) in [7, 11) is 0. The molecule has 8 heteroatoms. The Balaban J connectivity index is 2.23. The summed E-state index contributed by atoms with van der Waals surface area (Å²) in [6.07, 6.45) is 4.28. The van der Waals surface area contributed by atoms with Crippen LogP contribution in [0.3, 0.4) is 0 Å². The van der Waals surface area contributed by atoms with Crippen LogP contribution < -0.4 is 11.2 Å². The first kappa shape index (κ1) is 15.2. The number of hydrazine groups is 1. The van der Waals surface area contributed by atoms with Crippen LogP contribution in [0.5, 0.6) is 0 Å². The molecule has 0 aliphatic carbocycles. The molecule has 0 unspecified atom stereocenters. The number of carbonyl (C=O) groups excluding carboxylic acids is 3. The lowest BCUT2D eigenvalue weighted by Gasteiger charge is -2.21. The van der Waals surface area contributed by atoms with Gasteiger partial charge in [0.25, 0.3) is 11.8 Å². The zero-order valence-electron chi connectivity index (χ0n) is 10.5. The molecular weight excluding hydrogens is 317 g/mol. The Morgan fingerprint density at radius 2 is 1.90 bits per heavy atom. The highest BCUT2D eigenvalue weighted by Gasteiger charge is 2.33. The van der Waals surface area contributed by atoms with E-state index in [0.29, 0.717) is 20.6 Å². The Kier molecular flexibility index (Phi) is 4.42. The van der Waals surface area contributed by atoms with Gasteiger partial charge >= 0.3 is 6.03 Å². The minimum absolute atomic E-state index is 0.251. The van der Waals surface area contributed by atoms with Gasteiger partial charge in [-0.1, -0.05) is 41.4 Å². The van der Waals surface area contributed by atoms with Crippen molar-refractivity contribution in [2.75, 3.05) is 0 Å². The highest BCUT2D eigenvalue weighted by Crippen LogP contribution is 2.22. The summed E-state index contributed by atoms with van der Waals surface area (Å²) in [5, 5.41) is 3.18. The van der Waals surface area contributed by atoms with E-state index < -0.39 is 17.8 Å². The minimum atomic E-state index is -0.966. The van der Waals surface area contributed by atoms with Crippen LogP contribution in [0.15, 0.2) is 35.9 Å². The largest absolute Gasteiger partial charge is 0.345 e. The smallest absolute Gasteiger partial charge is 0.272 e. The summed E-state index contributed by atoms with van der Waals surface area (Å²) in [5.41, 5.74) is 0.403. The third kappa shape index (κ3) is 3.30. The molecule has 21 heavy (non-hydrogen) atoms. The Morgan fingerprint density at radius 3 is 2.57 bits per heavy atom. The number of barbiturate groups is 1. The van der Waals surface area contributed by atoms with Crippen molar-refractivity contribution in [2.45, 2.75) is 0 Å². The number of hydrogen-bond donors (Lipinski definition) is 2. The number of amides is 4. The van der Waals surface area contributed by atoms with E-state index in [4.69, 9.17) is 29.0 Å². The predicted molar refractivity (Wildman–Crippen MR) is 78.2 cm³/mol. The number of benzene rings is 1. The van der Waals surface area contributed by atoms with E-state index in [1.165, 1.54) is 12.2 Å². The van der Waals surface area contributed by atoms with Gasteiger partial charge in [-0.15, -0.1) is 0 Å². The number of carbonyl (C=O) groups is 3. The Labute approximate surface area is 129 Å². The molecule has 1 aliphatic rings. The maximum atomic E-state index is 11.7. The molecule has 4 amide bonds. The van der Waals surface area contributed by atoms with Crippen LogP contribution in [0, 0.1) is 0 Å². The fourth-order valence-electron chi connectivity index (χ4n) is 1.58. The van der Waals surface area contributed by atoms with E-state index in [1.54, 1.807) is 24.3 Å². The summed E-state index contributed by atoms with van der Waals surface area (Å²) in [6.45, 7) is 0. The molecule has 0 bridgehead atoms. The predicted octanol–water partition coefficient (Wildman–Crippen LogP) is 1.89. The van der Waals surface area contributed by atoms with Crippen molar-refractivity contribution in [1.29, 1.82) is 0 Å². The molecule has 3 N–H and O–H groups in total. The number of imide groups is 2. The van der Waals surface area contributed by atoms with Gasteiger partial charge < -0.3 is 0 Å². The number of halogens is 2. The van der Waals surface area contributed by atoms with Crippen LogP contribution in [0.4, 0.5) is 4.79 Å². The Bertz CT molecular complexity index is 698. The fraction of sp³-hybridized carbons (Fsp3) is 0. The van der Waals surface area contributed by atoms with Crippen molar-refractivity contribution in [3.63, 3.8) is 0 Å². The second kappa shape index (κ2) is 6.09. The van der Waals surface area contributed by atoms with Gasteiger partial charge in [0, 0.05) is 10.0 Å². The summed E-state index contributed by atoms with van der Waals surface area (Å²) in [6, 6.07) is 3.93. The zero-order chi connectivity index (χ0) is 15.6. The van der Waals surface area contributed by atoms with Gasteiger partial charge in [0.15, 0.2) is 0 Å². The Morgan fingerprint density at radius 1 is 1.19 bits per heavy atom. The average Bonchev–Trinajstić information content (AvgIpc) is 2.42. The van der Waals surface area contributed by atoms with Gasteiger partial charge in [-0.25, -0.2) is 10.6 Å². The number of nitrogens with one attached hydrogen (secondary N) is 1. The third-order valence-electron chi connectivity index (χ3n) is 2.63. The van der Waals surface area contributed by atoms with Crippen LogP contribution in [-0.2, 0) is 9.59 Å². The fourth-order valence-corrected chi connectivity index (χ4v) is 2.05. The molecule has 108 valence electrons.